The number of carbonyl (C=O) groups is 2. The maximum Gasteiger partial charge on any atom is 0.227 e. The van der Waals surface area contributed by atoms with Gasteiger partial charge < -0.3 is 15.1 Å². The monoisotopic (exact) mass is 345 g/mol. The van der Waals surface area contributed by atoms with E-state index in [4.69, 9.17) is 0 Å². The molecule has 0 spiro atoms. The van der Waals surface area contributed by atoms with Crippen molar-refractivity contribution in [3.05, 3.63) is 18.3 Å². The minimum Gasteiger partial charge on any atom is -0.366 e. The number of piperidine rings is 1. The van der Waals surface area contributed by atoms with Gasteiger partial charge in [-0.3, -0.25) is 9.59 Å². The zero-order valence-electron chi connectivity index (χ0n) is 15.0. The Balaban J connectivity index is 1.48. The highest BCUT2D eigenvalue weighted by Crippen LogP contribution is 2.23. The zero-order valence-corrected chi connectivity index (χ0v) is 15.0. The summed E-state index contributed by atoms with van der Waals surface area (Å²) in [5.41, 5.74) is 0. The third-order valence-corrected chi connectivity index (χ3v) is 4.88. The fraction of sp³-hybridized carbons (Fsp3) is 0.667. The predicted molar refractivity (Wildman–Crippen MR) is 94.8 cm³/mol. The molecule has 2 amide bonds. The number of amides is 2. The fourth-order valence-corrected chi connectivity index (χ4v) is 3.64. The first-order valence-corrected chi connectivity index (χ1v) is 9.13. The van der Waals surface area contributed by atoms with Gasteiger partial charge in [0.25, 0.3) is 0 Å². The van der Waals surface area contributed by atoms with Gasteiger partial charge in [0, 0.05) is 44.8 Å². The second kappa shape index (κ2) is 7.80. The van der Waals surface area contributed by atoms with Crippen LogP contribution in [0, 0.1) is 11.8 Å². The summed E-state index contributed by atoms with van der Waals surface area (Å²) in [5.74, 6) is 1.29. The molecule has 136 valence electrons. The molecule has 1 atom stereocenters. The molecule has 7 nitrogen and oxygen atoms in total. The van der Waals surface area contributed by atoms with E-state index < -0.39 is 0 Å². The highest BCUT2D eigenvalue weighted by atomic mass is 16.2. The molecule has 2 aliphatic rings. The average molecular weight is 345 g/mol. The number of aromatic nitrogens is 2. The third-order valence-electron chi connectivity index (χ3n) is 4.88. The third kappa shape index (κ3) is 4.46. The van der Waals surface area contributed by atoms with E-state index in [1.165, 1.54) is 0 Å². The molecule has 7 heteroatoms. The van der Waals surface area contributed by atoms with Crippen LogP contribution in [0.1, 0.15) is 33.1 Å². The lowest BCUT2D eigenvalue weighted by Gasteiger charge is -2.34. The normalized spacial score (nSPS) is 21.9. The molecule has 2 fully saturated rings. The first-order valence-electron chi connectivity index (χ1n) is 9.13. The molecule has 0 bridgehead atoms. The number of hydrogen-bond donors (Lipinski definition) is 1. The smallest absolute Gasteiger partial charge is 0.227 e. The number of anilines is 1. The van der Waals surface area contributed by atoms with Crippen molar-refractivity contribution in [1.82, 2.24) is 20.0 Å². The number of hydrogen-bond acceptors (Lipinski definition) is 5. The van der Waals surface area contributed by atoms with Crippen LogP contribution in [0.15, 0.2) is 18.3 Å². The molecule has 0 aromatic carbocycles. The summed E-state index contributed by atoms with van der Waals surface area (Å²) >= 11 is 0. The van der Waals surface area contributed by atoms with Gasteiger partial charge in [0.05, 0.1) is 5.92 Å². The summed E-state index contributed by atoms with van der Waals surface area (Å²) in [5, 5.41) is 11.3. The molecule has 1 unspecified atom stereocenters. The van der Waals surface area contributed by atoms with Gasteiger partial charge in [-0.15, -0.1) is 5.10 Å². The van der Waals surface area contributed by atoms with Gasteiger partial charge in [-0.1, -0.05) is 13.8 Å². The van der Waals surface area contributed by atoms with Crippen LogP contribution >= 0.6 is 0 Å². The Morgan fingerprint density at radius 2 is 2.12 bits per heavy atom. The number of nitrogens with one attached hydrogen (secondary N) is 1. The van der Waals surface area contributed by atoms with E-state index in [9.17, 15) is 9.59 Å². The lowest BCUT2D eigenvalue weighted by atomic mass is 10.0. The number of likely N-dealkylation sites (tertiary alicyclic amines) is 2. The number of carbonyl (C=O) groups excluding carboxylic acids is 2. The van der Waals surface area contributed by atoms with Gasteiger partial charge in [-0.25, -0.2) is 0 Å². The lowest BCUT2D eigenvalue weighted by Crippen LogP contribution is -2.45. The topological polar surface area (TPSA) is 78.4 Å². The van der Waals surface area contributed by atoms with Crippen LogP contribution in [0.4, 0.5) is 5.82 Å². The molecule has 1 aromatic heterocycles. The van der Waals surface area contributed by atoms with Crippen molar-refractivity contribution < 1.29 is 9.59 Å². The van der Waals surface area contributed by atoms with Crippen molar-refractivity contribution in [2.75, 3.05) is 31.5 Å². The van der Waals surface area contributed by atoms with E-state index >= 15 is 0 Å². The van der Waals surface area contributed by atoms with Crippen molar-refractivity contribution in [1.29, 1.82) is 0 Å². The maximum atomic E-state index is 12.7. The minimum absolute atomic E-state index is 0.117. The Morgan fingerprint density at radius 3 is 2.76 bits per heavy atom. The van der Waals surface area contributed by atoms with E-state index in [1.54, 1.807) is 6.20 Å². The molecule has 1 N–H and O–H groups in total. The van der Waals surface area contributed by atoms with Crippen LogP contribution in [0.25, 0.3) is 0 Å². The molecular weight excluding hydrogens is 318 g/mol. The van der Waals surface area contributed by atoms with E-state index in [0.29, 0.717) is 24.9 Å². The van der Waals surface area contributed by atoms with Gasteiger partial charge in [-0.2, -0.15) is 5.10 Å². The van der Waals surface area contributed by atoms with Crippen LogP contribution < -0.4 is 5.32 Å². The minimum atomic E-state index is -0.171. The van der Waals surface area contributed by atoms with E-state index in [-0.39, 0.29) is 17.7 Å². The average Bonchev–Trinajstić information content (AvgIpc) is 2.96. The summed E-state index contributed by atoms with van der Waals surface area (Å²) in [7, 11) is 0. The Morgan fingerprint density at radius 1 is 1.36 bits per heavy atom. The molecule has 3 rings (SSSR count). The summed E-state index contributed by atoms with van der Waals surface area (Å²) < 4.78 is 0. The molecule has 2 saturated heterocycles. The number of rotatable bonds is 5. The van der Waals surface area contributed by atoms with Crippen LogP contribution in [0.2, 0.25) is 0 Å². The van der Waals surface area contributed by atoms with E-state index in [1.807, 2.05) is 21.9 Å². The quantitative estimate of drug-likeness (QED) is 0.872. The second-order valence-electron chi connectivity index (χ2n) is 7.45. The maximum absolute atomic E-state index is 12.7. The first-order chi connectivity index (χ1) is 12.0. The van der Waals surface area contributed by atoms with Crippen molar-refractivity contribution in [2.24, 2.45) is 11.8 Å². The van der Waals surface area contributed by atoms with Gasteiger partial charge in [0.2, 0.25) is 11.8 Å². The van der Waals surface area contributed by atoms with Crippen molar-refractivity contribution in [3.63, 3.8) is 0 Å². The van der Waals surface area contributed by atoms with Crippen LogP contribution in [0.5, 0.6) is 0 Å². The van der Waals surface area contributed by atoms with E-state index in [0.717, 1.165) is 38.3 Å². The highest BCUT2D eigenvalue weighted by molar-refractivity contribution is 5.89. The first kappa shape index (κ1) is 17.6. The Bertz CT molecular complexity index is 599. The molecule has 1 aromatic rings. The Labute approximate surface area is 148 Å². The summed E-state index contributed by atoms with van der Waals surface area (Å²) in [6.45, 7) is 6.96. The molecular formula is C18H27N5O2. The molecule has 0 aliphatic carbocycles. The SMILES string of the molecule is CC(C)CN1CC(C(=O)N2CCC(Nc3cccnn3)CC2)CC1=O. The number of nitrogens with zero attached hydrogens (tertiary/aromatic N) is 4. The van der Waals surface area contributed by atoms with Crippen molar-refractivity contribution >= 4 is 17.6 Å². The van der Waals surface area contributed by atoms with Gasteiger partial charge in [-0.05, 0) is 30.9 Å². The highest BCUT2D eigenvalue weighted by Gasteiger charge is 2.37. The molecule has 0 saturated carbocycles. The van der Waals surface area contributed by atoms with E-state index in [2.05, 4.69) is 29.4 Å². The summed E-state index contributed by atoms with van der Waals surface area (Å²) in [4.78, 5) is 28.6. The predicted octanol–water partition coefficient (Wildman–Crippen LogP) is 1.38. The van der Waals surface area contributed by atoms with Crippen molar-refractivity contribution in [2.45, 2.75) is 39.2 Å². The van der Waals surface area contributed by atoms with Gasteiger partial charge in [0.15, 0.2) is 0 Å². The second-order valence-corrected chi connectivity index (χ2v) is 7.45. The fourth-order valence-electron chi connectivity index (χ4n) is 3.64. The standard InChI is InChI=1S/C18H27N5O2/c1-13(2)11-23-12-14(10-17(23)24)18(25)22-8-5-15(6-9-22)20-16-4-3-7-19-21-16/h3-4,7,13-15H,5-6,8-12H2,1-2H3,(H,20,21). The zero-order chi connectivity index (χ0) is 17.8. The van der Waals surface area contributed by atoms with Crippen LogP contribution in [-0.4, -0.2) is 64.0 Å². The van der Waals surface area contributed by atoms with Crippen LogP contribution in [0.3, 0.4) is 0 Å². The Kier molecular flexibility index (Phi) is 5.50. The Hall–Kier alpha value is -2.18. The summed E-state index contributed by atoms with van der Waals surface area (Å²) in [6, 6.07) is 4.06. The largest absolute Gasteiger partial charge is 0.366 e. The van der Waals surface area contributed by atoms with Gasteiger partial charge >= 0.3 is 0 Å². The van der Waals surface area contributed by atoms with Crippen LogP contribution in [-0.2, 0) is 9.59 Å². The van der Waals surface area contributed by atoms with Gasteiger partial charge in [0.1, 0.15) is 5.82 Å². The molecule has 3 heterocycles. The summed E-state index contributed by atoms with van der Waals surface area (Å²) in [6.07, 6.45) is 3.79. The lowest BCUT2D eigenvalue weighted by molar-refractivity contribution is -0.136. The van der Waals surface area contributed by atoms with Crippen molar-refractivity contribution in [3.8, 4) is 0 Å². The molecule has 2 aliphatic heterocycles. The molecule has 25 heavy (non-hydrogen) atoms. The molecule has 0 radical (unpaired) electrons.